The van der Waals surface area contributed by atoms with Crippen LogP contribution in [0.1, 0.15) is 20.9 Å². The molecule has 3 aromatic rings. The van der Waals surface area contributed by atoms with E-state index in [9.17, 15) is 14.0 Å². The molecule has 0 saturated carbocycles. The maximum Gasteiger partial charge on any atom is 0.291 e. The number of anilines is 1. The predicted octanol–water partition coefficient (Wildman–Crippen LogP) is 3.44. The lowest BCUT2D eigenvalue weighted by atomic mass is 10.1. The highest BCUT2D eigenvalue weighted by Crippen LogP contribution is 2.23. The molecule has 1 heterocycles. The van der Waals surface area contributed by atoms with Gasteiger partial charge in [-0.2, -0.15) is 0 Å². The van der Waals surface area contributed by atoms with Crippen LogP contribution in [-0.2, 0) is 0 Å². The molecule has 0 bridgehead atoms. The first kappa shape index (κ1) is 15.5. The fraction of sp³-hybridized carbons (Fsp3) is 0. The van der Waals surface area contributed by atoms with Gasteiger partial charge in [0.1, 0.15) is 11.6 Å². The normalized spacial score (nSPS) is 10.4. The Morgan fingerprint density at radius 1 is 0.958 bits per heavy atom. The van der Waals surface area contributed by atoms with Crippen LogP contribution in [0, 0.1) is 5.82 Å². The van der Waals surface area contributed by atoms with Crippen LogP contribution in [0.15, 0.2) is 65.1 Å². The summed E-state index contributed by atoms with van der Waals surface area (Å²) >= 11 is 0. The van der Waals surface area contributed by atoms with Crippen molar-refractivity contribution in [3.63, 3.8) is 0 Å². The van der Waals surface area contributed by atoms with E-state index in [4.69, 9.17) is 10.2 Å². The fourth-order valence-corrected chi connectivity index (χ4v) is 2.22. The van der Waals surface area contributed by atoms with Crippen LogP contribution in [0.3, 0.4) is 0 Å². The molecule has 0 fully saturated rings. The molecule has 0 spiro atoms. The minimum absolute atomic E-state index is 0.0635. The lowest BCUT2D eigenvalue weighted by Crippen LogP contribution is -2.17. The van der Waals surface area contributed by atoms with Crippen molar-refractivity contribution in [2.24, 2.45) is 5.73 Å². The van der Waals surface area contributed by atoms with Gasteiger partial charge < -0.3 is 15.5 Å². The Hall–Kier alpha value is -3.41. The van der Waals surface area contributed by atoms with Gasteiger partial charge in [0.15, 0.2) is 5.76 Å². The number of carbonyl (C=O) groups excluding carboxylic acids is 2. The van der Waals surface area contributed by atoms with E-state index in [1.807, 2.05) is 0 Å². The minimum atomic E-state index is -0.641. The van der Waals surface area contributed by atoms with Crippen LogP contribution in [0.25, 0.3) is 11.3 Å². The Bertz CT molecular complexity index is 901. The van der Waals surface area contributed by atoms with Gasteiger partial charge in [0.2, 0.25) is 0 Å². The number of primary amides is 1. The molecule has 6 heteroatoms. The standard InChI is InChI=1S/C18H13FN2O3/c19-12-7-5-11(6-8-12)15-9-10-16(24-15)18(23)21-14-4-2-1-3-13(14)17(20)22/h1-10H,(H2,20,22)(H,21,23). The topological polar surface area (TPSA) is 85.3 Å². The van der Waals surface area contributed by atoms with Crippen LogP contribution in [0.5, 0.6) is 0 Å². The van der Waals surface area contributed by atoms with E-state index in [2.05, 4.69) is 5.32 Å². The van der Waals surface area contributed by atoms with Gasteiger partial charge in [-0.05, 0) is 48.5 Å². The van der Waals surface area contributed by atoms with Crippen LogP contribution in [-0.4, -0.2) is 11.8 Å². The largest absolute Gasteiger partial charge is 0.451 e. The molecule has 0 aliphatic heterocycles. The predicted molar refractivity (Wildman–Crippen MR) is 87.0 cm³/mol. The van der Waals surface area contributed by atoms with E-state index < -0.39 is 11.8 Å². The highest BCUT2D eigenvalue weighted by atomic mass is 19.1. The molecule has 24 heavy (non-hydrogen) atoms. The lowest BCUT2D eigenvalue weighted by molar-refractivity contribution is 0.0997. The number of hydrogen-bond donors (Lipinski definition) is 2. The number of furan rings is 1. The zero-order chi connectivity index (χ0) is 17.1. The van der Waals surface area contributed by atoms with Crippen molar-refractivity contribution in [3.8, 4) is 11.3 Å². The number of amides is 2. The van der Waals surface area contributed by atoms with E-state index in [-0.39, 0.29) is 17.1 Å². The van der Waals surface area contributed by atoms with Crippen molar-refractivity contribution in [1.82, 2.24) is 0 Å². The number of para-hydroxylation sites is 1. The van der Waals surface area contributed by atoms with Crippen molar-refractivity contribution in [3.05, 3.63) is 77.8 Å². The van der Waals surface area contributed by atoms with E-state index in [0.29, 0.717) is 17.0 Å². The maximum atomic E-state index is 12.9. The number of nitrogens with one attached hydrogen (secondary N) is 1. The molecule has 3 rings (SSSR count). The van der Waals surface area contributed by atoms with Crippen molar-refractivity contribution in [2.75, 3.05) is 5.32 Å². The van der Waals surface area contributed by atoms with Crippen LogP contribution >= 0.6 is 0 Å². The number of halogens is 1. The Labute approximate surface area is 136 Å². The average Bonchev–Trinajstić information content (AvgIpc) is 3.06. The molecule has 0 aliphatic rings. The second-order valence-corrected chi connectivity index (χ2v) is 5.03. The first-order valence-electron chi connectivity index (χ1n) is 7.10. The number of nitrogens with two attached hydrogens (primary N) is 1. The van der Waals surface area contributed by atoms with Crippen molar-refractivity contribution < 1.29 is 18.4 Å². The summed E-state index contributed by atoms with van der Waals surface area (Å²) in [5, 5.41) is 2.59. The Balaban J connectivity index is 1.82. The molecule has 1 aromatic heterocycles. The Morgan fingerprint density at radius 3 is 2.38 bits per heavy atom. The first-order valence-corrected chi connectivity index (χ1v) is 7.10. The second kappa shape index (κ2) is 6.37. The van der Waals surface area contributed by atoms with Crippen LogP contribution in [0.2, 0.25) is 0 Å². The molecule has 0 unspecified atom stereocenters. The van der Waals surface area contributed by atoms with Gasteiger partial charge in [0, 0.05) is 5.56 Å². The van der Waals surface area contributed by atoms with Gasteiger partial charge in [-0.25, -0.2) is 4.39 Å². The van der Waals surface area contributed by atoms with E-state index in [1.165, 1.54) is 24.3 Å². The van der Waals surface area contributed by atoms with E-state index in [1.54, 1.807) is 36.4 Å². The summed E-state index contributed by atoms with van der Waals surface area (Å²) < 4.78 is 18.4. The summed E-state index contributed by atoms with van der Waals surface area (Å²) in [4.78, 5) is 23.6. The Kier molecular flexibility index (Phi) is 4.11. The van der Waals surface area contributed by atoms with Gasteiger partial charge >= 0.3 is 0 Å². The molecule has 2 amide bonds. The SMILES string of the molecule is NC(=O)c1ccccc1NC(=O)c1ccc(-c2ccc(F)cc2)o1. The third-order valence-electron chi connectivity index (χ3n) is 3.40. The molecule has 0 saturated heterocycles. The summed E-state index contributed by atoms with van der Waals surface area (Å²) in [5.41, 5.74) is 6.43. The molecule has 0 radical (unpaired) electrons. The number of hydrogen-bond acceptors (Lipinski definition) is 3. The average molecular weight is 324 g/mol. The third kappa shape index (κ3) is 3.17. The molecule has 5 nitrogen and oxygen atoms in total. The summed E-state index contributed by atoms with van der Waals surface area (Å²) in [5.74, 6) is -1.02. The molecule has 2 aromatic carbocycles. The lowest BCUT2D eigenvalue weighted by Gasteiger charge is -2.07. The molecular formula is C18H13FN2O3. The first-order chi connectivity index (χ1) is 11.5. The monoisotopic (exact) mass is 324 g/mol. The molecule has 120 valence electrons. The summed E-state index contributed by atoms with van der Waals surface area (Å²) in [6, 6.07) is 15.2. The van der Waals surface area contributed by atoms with Crippen LogP contribution in [0.4, 0.5) is 10.1 Å². The second-order valence-electron chi connectivity index (χ2n) is 5.03. The zero-order valence-corrected chi connectivity index (χ0v) is 12.5. The number of benzene rings is 2. The van der Waals surface area contributed by atoms with E-state index >= 15 is 0 Å². The van der Waals surface area contributed by atoms with Crippen LogP contribution < -0.4 is 11.1 Å². The molecule has 0 atom stereocenters. The third-order valence-corrected chi connectivity index (χ3v) is 3.40. The van der Waals surface area contributed by atoms with Crippen molar-refractivity contribution in [2.45, 2.75) is 0 Å². The van der Waals surface area contributed by atoms with Gasteiger partial charge in [-0.3, -0.25) is 9.59 Å². The minimum Gasteiger partial charge on any atom is -0.451 e. The summed E-state index contributed by atoms with van der Waals surface area (Å²) in [6.07, 6.45) is 0. The van der Waals surface area contributed by atoms with Gasteiger partial charge in [-0.1, -0.05) is 12.1 Å². The molecule has 3 N–H and O–H groups in total. The summed E-state index contributed by atoms with van der Waals surface area (Å²) in [6.45, 7) is 0. The van der Waals surface area contributed by atoms with Crippen molar-refractivity contribution in [1.29, 1.82) is 0 Å². The fourth-order valence-electron chi connectivity index (χ4n) is 2.22. The maximum absolute atomic E-state index is 12.9. The zero-order valence-electron chi connectivity index (χ0n) is 12.5. The smallest absolute Gasteiger partial charge is 0.291 e. The highest BCUT2D eigenvalue weighted by Gasteiger charge is 2.15. The Morgan fingerprint density at radius 2 is 1.67 bits per heavy atom. The molecular weight excluding hydrogens is 311 g/mol. The quantitative estimate of drug-likeness (QED) is 0.771. The van der Waals surface area contributed by atoms with Gasteiger partial charge in [-0.15, -0.1) is 0 Å². The number of rotatable bonds is 4. The van der Waals surface area contributed by atoms with Gasteiger partial charge in [0.05, 0.1) is 11.3 Å². The highest BCUT2D eigenvalue weighted by molar-refractivity contribution is 6.07. The van der Waals surface area contributed by atoms with Gasteiger partial charge in [0.25, 0.3) is 11.8 Å². The van der Waals surface area contributed by atoms with Crippen molar-refractivity contribution >= 4 is 17.5 Å². The summed E-state index contributed by atoms with van der Waals surface area (Å²) in [7, 11) is 0. The van der Waals surface area contributed by atoms with E-state index in [0.717, 1.165) is 0 Å². The molecule has 0 aliphatic carbocycles. The number of carbonyl (C=O) groups is 2.